The Hall–Kier alpha value is -3.27. The van der Waals surface area contributed by atoms with Crippen molar-refractivity contribution in [3.8, 4) is 0 Å². The zero-order valence-electron chi connectivity index (χ0n) is 19.1. The second kappa shape index (κ2) is 10.8. The topological polar surface area (TPSA) is 85.2 Å². The molecule has 3 aromatic rings. The minimum Gasteiger partial charge on any atom is -0.339 e. The number of benzene rings is 2. The normalized spacial score (nSPS) is 15.7. The first kappa shape index (κ1) is 23.9. The summed E-state index contributed by atoms with van der Waals surface area (Å²) >= 11 is 7.88. The Morgan fingerprint density at radius 3 is 2.62 bits per heavy atom. The number of rotatable bonds is 5. The molecule has 34 heavy (non-hydrogen) atoms. The van der Waals surface area contributed by atoms with E-state index in [0.29, 0.717) is 22.1 Å². The Balaban J connectivity index is 1.50. The van der Waals surface area contributed by atoms with Gasteiger partial charge in [-0.15, -0.1) is 11.3 Å². The quantitative estimate of drug-likeness (QED) is 0.396. The maximum Gasteiger partial charge on any atom is 0.254 e. The molecule has 1 aliphatic rings. The molecule has 176 valence electrons. The van der Waals surface area contributed by atoms with E-state index < -0.39 is 0 Å². The number of nitrogens with one attached hydrogen (secondary N) is 2. The molecular formula is C24H26ClN7OS. The molecule has 1 saturated heterocycles. The number of anilines is 2. The van der Waals surface area contributed by atoms with E-state index in [0.717, 1.165) is 42.1 Å². The van der Waals surface area contributed by atoms with Crippen molar-refractivity contribution in [1.29, 1.82) is 0 Å². The monoisotopic (exact) mass is 495 g/mol. The van der Waals surface area contributed by atoms with Gasteiger partial charge in [-0.05, 0) is 57.1 Å². The van der Waals surface area contributed by atoms with E-state index in [9.17, 15) is 4.79 Å². The fourth-order valence-electron chi connectivity index (χ4n) is 3.52. The first-order valence-corrected chi connectivity index (χ1v) is 12.1. The highest BCUT2D eigenvalue weighted by atomic mass is 35.5. The van der Waals surface area contributed by atoms with Gasteiger partial charge in [-0.1, -0.05) is 17.7 Å². The Labute approximate surface area is 207 Å². The second-order valence-electron chi connectivity index (χ2n) is 7.94. The zero-order valence-corrected chi connectivity index (χ0v) is 20.7. The maximum atomic E-state index is 12.9. The SMILES string of the molecule is C=NC(=N/C(Nc1ccc2ncsc2c1)=C(\C)Cl)Nc1cccc(C(=O)N2CCN(C)CC2)c1. The lowest BCUT2D eigenvalue weighted by molar-refractivity contribution is 0.0664. The van der Waals surface area contributed by atoms with Gasteiger partial charge in [-0.25, -0.2) is 9.98 Å². The number of guanidine groups is 1. The van der Waals surface area contributed by atoms with Crippen LogP contribution in [-0.4, -0.2) is 66.6 Å². The summed E-state index contributed by atoms with van der Waals surface area (Å²) in [7, 11) is 2.06. The molecule has 1 aromatic heterocycles. The van der Waals surface area contributed by atoms with Crippen LogP contribution in [0.4, 0.5) is 11.4 Å². The largest absolute Gasteiger partial charge is 0.339 e. The lowest BCUT2D eigenvalue weighted by Gasteiger charge is -2.32. The van der Waals surface area contributed by atoms with E-state index in [4.69, 9.17) is 11.6 Å². The van der Waals surface area contributed by atoms with Crippen LogP contribution in [0.5, 0.6) is 0 Å². The van der Waals surface area contributed by atoms with Crippen LogP contribution < -0.4 is 10.6 Å². The second-order valence-corrected chi connectivity index (χ2v) is 9.39. The Bertz CT molecular complexity index is 1260. The van der Waals surface area contributed by atoms with Gasteiger partial charge >= 0.3 is 0 Å². The Morgan fingerprint density at radius 2 is 1.88 bits per heavy atom. The van der Waals surface area contributed by atoms with Gasteiger partial charge in [0.2, 0.25) is 5.96 Å². The van der Waals surface area contributed by atoms with E-state index in [1.807, 2.05) is 46.8 Å². The van der Waals surface area contributed by atoms with E-state index in [2.05, 4.69) is 44.3 Å². The number of thiazole rings is 1. The number of carbonyl (C=O) groups is 1. The molecule has 1 fully saturated rings. The molecule has 1 amide bonds. The van der Waals surface area contributed by atoms with Crippen LogP contribution >= 0.6 is 22.9 Å². The van der Waals surface area contributed by atoms with Crippen molar-refractivity contribution in [3.05, 3.63) is 64.4 Å². The number of piperazine rings is 1. The van der Waals surface area contributed by atoms with Crippen LogP contribution in [0.25, 0.3) is 10.2 Å². The van der Waals surface area contributed by atoms with E-state index in [1.54, 1.807) is 24.3 Å². The van der Waals surface area contributed by atoms with Gasteiger partial charge in [-0.2, -0.15) is 4.99 Å². The standard InChI is InChI=1S/C24H26ClN7OS/c1-16(25)22(28-19-7-8-20-21(14-19)34-15-27-20)30-24(26-2)29-18-6-4-5-17(13-18)23(33)32-11-9-31(3)10-12-32/h4-8,13-15,28H,2,9-12H2,1,3H3,(H,29,30)/b22-16+. The number of hydrogen-bond acceptors (Lipinski definition) is 6. The van der Waals surface area contributed by atoms with E-state index >= 15 is 0 Å². The first-order chi connectivity index (χ1) is 16.4. The van der Waals surface area contributed by atoms with Crippen LogP contribution in [0.2, 0.25) is 0 Å². The van der Waals surface area contributed by atoms with E-state index in [1.165, 1.54) is 0 Å². The van der Waals surface area contributed by atoms with Crippen molar-refractivity contribution < 1.29 is 4.79 Å². The van der Waals surface area contributed by atoms with Gasteiger partial charge in [-0.3, -0.25) is 4.79 Å². The summed E-state index contributed by atoms with van der Waals surface area (Å²) in [5.74, 6) is 0.703. The average Bonchev–Trinajstić information content (AvgIpc) is 3.31. The molecule has 8 nitrogen and oxygen atoms in total. The van der Waals surface area contributed by atoms with Gasteiger partial charge in [0.05, 0.1) is 20.8 Å². The van der Waals surface area contributed by atoms with Crippen molar-refractivity contribution in [2.24, 2.45) is 9.98 Å². The van der Waals surface area contributed by atoms with Gasteiger partial charge in [0.25, 0.3) is 5.91 Å². The highest BCUT2D eigenvalue weighted by Crippen LogP contribution is 2.24. The van der Waals surface area contributed by atoms with E-state index in [-0.39, 0.29) is 11.9 Å². The highest BCUT2D eigenvalue weighted by molar-refractivity contribution is 7.16. The van der Waals surface area contributed by atoms with Crippen molar-refractivity contribution in [1.82, 2.24) is 14.8 Å². The van der Waals surface area contributed by atoms with Crippen LogP contribution in [0.3, 0.4) is 0 Å². The number of halogens is 1. The van der Waals surface area contributed by atoms with Crippen LogP contribution in [0.1, 0.15) is 17.3 Å². The fourth-order valence-corrected chi connectivity index (χ4v) is 4.33. The summed E-state index contributed by atoms with van der Waals surface area (Å²) in [5.41, 5.74) is 4.87. The predicted molar refractivity (Wildman–Crippen MR) is 142 cm³/mol. The molecule has 0 atom stereocenters. The Kier molecular flexibility index (Phi) is 7.56. The molecule has 0 saturated carbocycles. The fraction of sp³-hybridized carbons (Fsp3) is 0.250. The summed E-state index contributed by atoms with van der Waals surface area (Å²) in [4.78, 5) is 29.9. The number of aromatic nitrogens is 1. The summed E-state index contributed by atoms with van der Waals surface area (Å²) in [6.45, 7) is 8.55. The van der Waals surface area contributed by atoms with Crippen LogP contribution in [-0.2, 0) is 0 Å². The van der Waals surface area contributed by atoms with Crippen LogP contribution in [0.15, 0.2) is 68.8 Å². The van der Waals surface area contributed by atoms with Gasteiger partial charge < -0.3 is 20.4 Å². The third-order valence-corrected chi connectivity index (χ3v) is 6.41. The van der Waals surface area contributed by atoms with Crippen molar-refractivity contribution in [2.45, 2.75) is 6.92 Å². The molecule has 0 aliphatic carbocycles. The third-order valence-electron chi connectivity index (χ3n) is 5.44. The summed E-state index contributed by atoms with van der Waals surface area (Å²) < 4.78 is 1.06. The number of allylic oxidation sites excluding steroid dienone is 1. The number of fused-ring (bicyclic) bond motifs is 1. The molecule has 0 spiro atoms. The number of hydrogen-bond donors (Lipinski definition) is 2. The lowest BCUT2D eigenvalue weighted by Crippen LogP contribution is -2.47. The predicted octanol–water partition coefficient (Wildman–Crippen LogP) is 4.69. The molecule has 0 radical (unpaired) electrons. The molecule has 1 aliphatic heterocycles. The number of nitrogens with zero attached hydrogens (tertiary/aromatic N) is 5. The van der Waals surface area contributed by atoms with Crippen LogP contribution in [0, 0.1) is 0 Å². The molecule has 2 aromatic carbocycles. The van der Waals surface area contributed by atoms with Gasteiger partial charge in [0, 0.05) is 43.1 Å². The van der Waals surface area contributed by atoms with Gasteiger partial charge in [0.15, 0.2) is 0 Å². The first-order valence-electron chi connectivity index (χ1n) is 10.8. The summed E-state index contributed by atoms with van der Waals surface area (Å²) in [5, 5.41) is 6.83. The van der Waals surface area contributed by atoms with Crippen molar-refractivity contribution in [3.63, 3.8) is 0 Å². The molecule has 2 N–H and O–H groups in total. The van der Waals surface area contributed by atoms with Crippen molar-refractivity contribution in [2.75, 3.05) is 43.9 Å². The molecule has 4 rings (SSSR count). The zero-order chi connectivity index (χ0) is 24.1. The minimum absolute atomic E-state index is 0.0131. The summed E-state index contributed by atoms with van der Waals surface area (Å²) in [6.07, 6.45) is 0. The number of carbonyl (C=O) groups excluding carboxylic acids is 1. The summed E-state index contributed by atoms with van der Waals surface area (Å²) in [6, 6.07) is 13.1. The molecule has 10 heteroatoms. The number of likely N-dealkylation sites (N-methyl/N-ethyl adjacent to an activating group) is 1. The highest BCUT2D eigenvalue weighted by Gasteiger charge is 2.20. The van der Waals surface area contributed by atoms with Crippen molar-refractivity contribution >= 4 is 63.1 Å². The number of amides is 1. The third kappa shape index (κ3) is 5.80. The average molecular weight is 496 g/mol. The molecule has 0 unspecified atom stereocenters. The molecule has 2 heterocycles. The maximum absolute atomic E-state index is 12.9. The molecular weight excluding hydrogens is 470 g/mol. The molecule has 0 bridgehead atoms. The Morgan fingerprint density at radius 1 is 1.12 bits per heavy atom. The van der Waals surface area contributed by atoms with Gasteiger partial charge in [0.1, 0.15) is 5.82 Å². The smallest absolute Gasteiger partial charge is 0.254 e. The number of aliphatic imine (C=N–C) groups is 2. The lowest BCUT2D eigenvalue weighted by atomic mass is 10.1. The minimum atomic E-state index is 0.0131.